The van der Waals surface area contributed by atoms with Gasteiger partial charge in [-0.25, -0.2) is 0 Å². The van der Waals surface area contributed by atoms with E-state index in [-0.39, 0.29) is 0 Å². The summed E-state index contributed by atoms with van der Waals surface area (Å²) in [6.07, 6.45) is 0. The quantitative estimate of drug-likeness (QED) is 0.166. The van der Waals surface area contributed by atoms with Crippen molar-refractivity contribution >= 4 is 45.2 Å². The summed E-state index contributed by atoms with van der Waals surface area (Å²) in [5.74, 6) is 2.66. The minimum atomic E-state index is 0.831. The van der Waals surface area contributed by atoms with E-state index in [4.69, 9.17) is 4.74 Å². The lowest BCUT2D eigenvalue weighted by atomic mass is 9.99. The number of hydrogen-bond acceptors (Lipinski definition) is 3. The number of ether oxygens (including phenoxy) is 1. The van der Waals surface area contributed by atoms with Crippen LogP contribution in [0.5, 0.6) is 11.5 Å². The summed E-state index contributed by atoms with van der Waals surface area (Å²) in [6, 6.07) is 74.8. The van der Waals surface area contributed by atoms with E-state index in [1.54, 1.807) is 0 Å². The summed E-state index contributed by atoms with van der Waals surface area (Å²) >= 11 is 0. The molecule has 0 amide bonds. The summed E-state index contributed by atoms with van der Waals surface area (Å²) < 4.78 is 9.15. The second-order valence-electron chi connectivity index (χ2n) is 13.4. The van der Waals surface area contributed by atoms with Gasteiger partial charge in [0.2, 0.25) is 0 Å². The molecule has 54 heavy (non-hydrogen) atoms. The van der Waals surface area contributed by atoms with Gasteiger partial charge in [-0.1, -0.05) is 127 Å². The summed E-state index contributed by atoms with van der Waals surface area (Å²) in [4.78, 5) is 4.61. The van der Waals surface area contributed by atoms with E-state index in [0.717, 1.165) is 73.5 Å². The molecule has 8 aromatic carbocycles. The van der Waals surface area contributed by atoms with Crippen LogP contribution in [0.3, 0.4) is 0 Å². The van der Waals surface area contributed by atoms with Crippen LogP contribution in [0.4, 0.5) is 34.3 Å². The first kappa shape index (κ1) is 31.4. The Morgan fingerprint density at radius 3 is 1.46 bits per heavy atom. The lowest BCUT2D eigenvalue weighted by Crippen LogP contribution is -2.18. The number of aromatic nitrogens is 1. The second-order valence-corrected chi connectivity index (χ2v) is 13.4. The lowest BCUT2D eigenvalue weighted by molar-refractivity contribution is 0.481. The minimum Gasteiger partial charge on any atom is -0.451 e. The molecule has 0 saturated heterocycles. The van der Waals surface area contributed by atoms with E-state index < -0.39 is 0 Å². The summed E-state index contributed by atoms with van der Waals surface area (Å²) in [5, 5.41) is 1.06. The van der Waals surface area contributed by atoms with Crippen molar-refractivity contribution in [2.45, 2.75) is 0 Å². The Balaban J connectivity index is 1.03. The van der Waals surface area contributed by atoms with Gasteiger partial charge in [-0.15, -0.1) is 0 Å². The van der Waals surface area contributed by atoms with Gasteiger partial charge in [0, 0.05) is 33.8 Å². The molecule has 256 valence electrons. The fourth-order valence-electron chi connectivity index (χ4n) is 7.62. The maximum absolute atomic E-state index is 6.83. The maximum Gasteiger partial charge on any atom is 0.178 e. The van der Waals surface area contributed by atoms with Crippen molar-refractivity contribution in [2.75, 3.05) is 9.80 Å². The number of benzene rings is 8. The molecule has 0 aliphatic carbocycles. The average Bonchev–Trinajstić information content (AvgIpc) is 3.57. The molecule has 0 radical (unpaired) electrons. The van der Waals surface area contributed by atoms with Crippen LogP contribution in [0, 0.1) is 0 Å². The topological polar surface area (TPSA) is 20.6 Å². The van der Waals surface area contributed by atoms with Gasteiger partial charge in [-0.05, 0) is 107 Å². The Labute approximate surface area is 315 Å². The molecule has 9 aromatic rings. The van der Waals surface area contributed by atoms with Crippen LogP contribution in [-0.2, 0) is 0 Å². The predicted molar refractivity (Wildman–Crippen MR) is 224 cm³/mol. The molecule has 1 aliphatic rings. The molecule has 0 N–H and O–H groups in total. The average molecular weight is 694 g/mol. The Morgan fingerprint density at radius 1 is 0.389 bits per heavy atom. The van der Waals surface area contributed by atoms with Crippen LogP contribution in [0.2, 0.25) is 0 Å². The largest absolute Gasteiger partial charge is 0.451 e. The zero-order valence-corrected chi connectivity index (χ0v) is 29.5. The fraction of sp³-hybridized carbons (Fsp3) is 0. The first-order chi connectivity index (χ1) is 26.8. The van der Waals surface area contributed by atoms with E-state index in [2.05, 4.69) is 221 Å². The van der Waals surface area contributed by atoms with Crippen molar-refractivity contribution < 1.29 is 4.74 Å². The Kier molecular flexibility index (Phi) is 7.77. The van der Waals surface area contributed by atoms with Gasteiger partial charge < -0.3 is 9.64 Å². The van der Waals surface area contributed by atoms with Crippen molar-refractivity contribution in [3.8, 4) is 39.4 Å². The molecular formula is C50H35N3O. The van der Waals surface area contributed by atoms with E-state index in [0.29, 0.717) is 0 Å². The number of hydrogen-bond donors (Lipinski definition) is 0. The highest BCUT2D eigenvalue weighted by Crippen LogP contribution is 2.55. The number of para-hydroxylation sites is 6. The Hall–Kier alpha value is -7.30. The molecule has 1 aliphatic heterocycles. The van der Waals surface area contributed by atoms with Crippen LogP contribution >= 0.6 is 0 Å². The summed E-state index contributed by atoms with van der Waals surface area (Å²) in [5.41, 5.74) is 12.2. The maximum atomic E-state index is 6.83. The van der Waals surface area contributed by atoms with Gasteiger partial charge in [-0.3, -0.25) is 9.47 Å². The van der Waals surface area contributed by atoms with Crippen molar-refractivity contribution in [1.29, 1.82) is 0 Å². The molecular weight excluding hydrogens is 659 g/mol. The monoisotopic (exact) mass is 693 g/mol. The second kappa shape index (κ2) is 13.4. The molecule has 0 saturated carbocycles. The highest BCUT2D eigenvalue weighted by Gasteiger charge is 2.33. The first-order valence-electron chi connectivity index (χ1n) is 18.3. The van der Waals surface area contributed by atoms with Gasteiger partial charge in [0.15, 0.2) is 17.3 Å². The molecule has 0 unspecified atom stereocenters. The van der Waals surface area contributed by atoms with Gasteiger partial charge >= 0.3 is 0 Å². The van der Waals surface area contributed by atoms with Crippen LogP contribution in [-0.4, -0.2) is 4.57 Å². The molecule has 0 fully saturated rings. The smallest absolute Gasteiger partial charge is 0.178 e. The minimum absolute atomic E-state index is 0.831. The lowest BCUT2D eigenvalue weighted by Gasteiger charge is -2.32. The van der Waals surface area contributed by atoms with Gasteiger partial charge in [0.1, 0.15) is 0 Å². The van der Waals surface area contributed by atoms with E-state index >= 15 is 0 Å². The van der Waals surface area contributed by atoms with Gasteiger partial charge in [0.25, 0.3) is 0 Å². The molecule has 2 heterocycles. The molecule has 0 bridgehead atoms. The summed E-state index contributed by atoms with van der Waals surface area (Å²) in [7, 11) is 0. The molecule has 4 heteroatoms. The first-order valence-corrected chi connectivity index (χ1v) is 18.3. The van der Waals surface area contributed by atoms with Crippen LogP contribution < -0.4 is 14.5 Å². The highest BCUT2D eigenvalue weighted by molar-refractivity contribution is 6.02. The van der Waals surface area contributed by atoms with Crippen LogP contribution in [0.15, 0.2) is 212 Å². The number of rotatable bonds is 7. The van der Waals surface area contributed by atoms with Crippen LogP contribution in [0.25, 0.3) is 38.8 Å². The van der Waals surface area contributed by atoms with Crippen molar-refractivity contribution in [2.24, 2.45) is 0 Å². The molecule has 0 atom stereocenters. The third kappa shape index (κ3) is 5.49. The van der Waals surface area contributed by atoms with Gasteiger partial charge in [-0.2, -0.15) is 0 Å². The van der Waals surface area contributed by atoms with Crippen molar-refractivity contribution in [1.82, 2.24) is 4.57 Å². The SMILES string of the molecule is c1ccc(N(c2ccccc2)c2ccc(-c3ccc(-c4ccc5c(c4)c4c(n5-c5ccccc5)N(c5ccccc5)c5ccccc5O4)cc3)cc2)cc1. The van der Waals surface area contributed by atoms with E-state index in [9.17, 15) is 0 Å². The van der Waals surface area contributed by atoms with E-state index in [1.165, 1.54) is 11.1 Å². The van der Waals surface area contributed by atoms with Crippen molar-refractivity contribution in [3.63, 3.8) is 0 Å². The van der Waals surface area contributed by atoms with Crippen LogP contribution in [0.1, 0.15) is 0 Å². The zero-order valence-electron chi connectivity index (χ0n) is 29.5. The number of fused-ring (bicyclic) bond motifs is 4. The molecule has 10 rings (SSSR count). The Bertz CT molecular complexity index is 2670. The highest BCUT2D eigenvalue weighted by atomic mass is 16.5. The number of anilines is 6. The normalized spacial score (nSPS) is 11.8. The third-order valence-corrected chi connectivity index (χ3v) is 10.2. The predicted octanol–water partition coefficient (Wildman–Crippen LogP) is 14.0. The summed E-state index contributed by atoms with van der Waals surface area (Å²) in [6.45, 7) is 0. The van der Waals surface area contributed by atoms with Crippen molar-refractivity contribution in [3.05, 3.63) is 212 Å². The number of nitrogens with zero attached hydrogens (tertiary/aromatic N) is 3. The van der Waals surface area contributed by atoms with Gasteiger partial charge in [0.05, 0.1) is 11.2 Å². The Morgan fingerprint density at radius 2 is 0.852 bits per heavy atom. The molecule has 4 nitrogen and oxygen atoms in total. The zero-order chi connectivity index (χ0) is 35.8. The molecule has 0 spiro atoms. The standard InChI is InChI=1S/C50H35N3O/c1-5-15-40(16-6-1)51(41-17-7-2-8-18-41)44-32-29-37(30-33-44)36-25-27-38(28-26-36)39-31-34-46-45(35-39)49-50(52(46)42-19-9-3-10-20-42)53(43-21-11-4-12-22-43)47-23-13-14-24-48(47)54-49/h1-35H. The van der Waals surface area contributed by atoms with E-state index in [1.807, 2.05) is 6.07 Å². The third-order valence-electron chi connectivity index (χ3n) is 10.2. The fourth-order valence-corrected chi connectivity index (χ4v) is 7.62. The molecule has 1 aromatic heterocycles.